The number of hydrogen-bond acceptors (Lipinski definition) is 1. The van der Waals surface area contributed by atoms with Gasteiger partial charge in [0.05, 0.1) is 6.10 Å². The molecule has 0 radical (unpaired) electrons. The van der Waals surface area contributed by atoms with Gasteiger partial charge in [-0.1, -0.05) is 33.6 Å². The van der Waals surface area contributed by atoms with E-state index >= 15 is 0 Å². The summed E-state index contributed by atoms with van der Waals surface area (Å²) in [5, 5.41) is 10.1. The van der Waals surface area contributed by atoms with Gasteiger partial charge in [0, 0.05) is 0 Å². The minimum Gasteiger partial charge on any atom is -0.393 e. The molecule has 82 valence electrons. The van der Waals surface area contributed by atoms with Gasteiger partial charge in [0.15, 0.2) is 0 Å². The van der Waals surface area contributed by atoms with Crippen LogP contribution in [0.4, 0.5) is 0 Å². The molecule has 0 aliphatic heterocycles. The van der Waals surface area contributed by atoms with E-state index in [1.807, 2.05) is 0 Å². The van der Waals surface area contributed by atoms with E-state index in [1.54, 1.807) is 0 Å². The fourth-order valence-electron chi connectivity index (χ4n) is 4.01. The molecule has 2 rings (SSSR count). The highest BCUT2D eigenvalue weighted by Crippen LogP contribution is 2.52. The van der Waals surface area contributed by atoms with Gasteiger partial charge in [-0.25, -0.2) is 0 Å². The third-order valence-electron chi connectivity index (χ3n) is 4.79. The Labute approximate surface area is 87.9 Å². The average Bonchev–Trinajstić information content (AvgIpc) is 2.42. The second kappa shape index (κ2) is 3.52. The van der Waals surface area contributed by atoms with Crippen LogP contribution in [-0.4, -0.2) is 11.2 Å². The molecule has 2 aliphatic carbocycles. The summed E-state index contributed by atoms with van der Waals surface area (Å²) in [4.78, 5) is 0. The fraction of sp³-hybridized carbons (Fsp3) is 1.00. The average molecular weight is 196 g/mol. The zero-order chi connectivity index (χ0) is 10.3. The van der Waals surface area contributed by atoms with Gasteiger partial charge < -0.3 is 5.11 Å². The lowest BCUT2D eigenvalue weighted by molar-refractivity contribution is 0.0293. The van der Waals surface area contributed by atoms with Crippen molar-refractivity contribution in [2.24, 2.45) is 23.2 Å². The van der Waals surface area contributed by atoms with Gasteiger partial charge in [0.2, 0.25) is 0 Å². The standard InChI is InChI=1S/C13H24O/c1-9-5-4-8-13(2,3)12-10(9)6-7-11(12)14/h9-12,14H,4-8H2,1-3H3/t9-,10+,11-,12-/m1/s1. The van der Waals surface area contributed by atoms with E-state index in [-0.39, 0.29) is 6.10 Å². The highest BCUT2D eigenvalue weighted by Gasteiger charge is 2.47. The van der Waals surface area contributed by atoms with Gasteiger partial charge in [-0.05, 0) is 42.4 Å². The van der Waals surface area contributed by atoms with Crippen LogP contribution in [0.25, 0.3) is 0 Å². The lowest BCUT2D eigenvalue weighted by Gasteiger charge is -2.37. The van der Waals surface area contributed by atoms with Crippen molar-refractivity contribution in [2.75, 3.05) is 0 Å². The summed E-state index contributed by atoms with van der Waals surface area (Å²) in [7, 11) is 0. The fourth-order valence-corrected chi connectivity index (χ4v) is 4.01. The zero-order valence-electron chi connectivity index (χ0n) is 9.79. The van der Waals surface area contributed by atoms with E-state index in [0.717, 1.165) is 18.3 Å². The molecule has 0 spiro atoms. The maximum Gasteiger partial charge on any atom is 0.0576 e. The van der Waals surface area contributed by atoms with Gasteiger partial charge in [0.1, 0.15) is 0 Å². The van der Waals surface area contributed by atoms with Crippen molar-refractivity contribution in [2.45, 2.75) is 59.0 Å². The first-order valence-electron chi connectivity index (χ1n) is 6.20. The van der Waals surface area contributed by atoms with Crippen LogP contribution in [0.5, 0.6) is 0 Å². The SMILES string of the molecule is C[C@@H]1CCCC(C)(C)[C@@H]2[C@H]1CC[C@H]2O. The molecule has 4 atom stereocenters. The Morgan fingerprint density at radius 2 is 1.86 bits per heavy atom. The molecule has 1 heteroatoms. The Morgan fingerprint density at radius 1 is 1.14 bits per heavy atom. The topological polar surface area (TPSA) is 20.2 Å². The third-order valence-corrected chi connectivity index (χ3v) is 4.79. The number of hydrogen-bond donors (Lipinski definition) is 1. The Balaban J connectivity index is 2.25. The van der Waals surface area contributed by atoms with Gasteiger partial charge in [0.25, 0.3) is 0 Å². The summed E-state index contributed by atoms with van der Waals surface area (Å²) in [6.45, 7) is 7.10. The van der Waals surface area contributed by atoms with Crippen LogP contribution >= 0.6 is 0 Å². The molecule has 1 N–H and O–H groups in total. The predicted molar refractivity (Wildman–Crippen MR) is 59.0 cm³/mol. The van der Waals surface area contributed by atoms with Gasteiger partial charge in [-0.15, -0.1) is 0 Å². The number of aliphatic hydroxyl groups is 1. The summed E-state index contributed by atoms with van der Waals surface area (Å²) in [6.07, 6.45) is 6.32. The van der Waals surface area contributed by atoms with E-state index in [9.17, 15) is 5.11 Å². The van der Waals surface area contributed by atoms with Crippen molar-refractivity contribution >= 4 is 0 Å². The third kappa shape index (κ3) is 1.60. The molecule has 0 aromatic heterocycles. The second-order valence-corrected chi connectivity index (χ2v) is 6.19. The van der Waals surface area contributed by atoms with Crippen molar-refractivity contribution in [1.29, 1.82) is 0 Å². The molecule has 2 fully saturated rings. The Bertz CT molecular complexity index is 209. The monoisotopic (exact) mass is 196 g/mol. The molecule has 0 aromatic rings. The molecular formula is C13H24O. The van der Waals surface area contributed by atoms with Gasteiger partial charge in [-0.3, -0.25) is 0 Å². The normalized spacial score (nSPS) is 47.1. The van der Waals surface area contributed by atoms with Gasteiger partial charge in [-0.2, -0.15) is 0 Å². The summed E-state index contributed by atoms with van der Waals surface area (Å²) in [6, 6.07) is 0. The van der Waals surface area contributed by atoms with Crippen LogP contribution < -0.4 is 0 Å². The maximum atomic E-state index is 10.1. The molecule has 0 aromatic carbocycles. The van der Waals surface area contributed by atoms with Crippen molar-refractivity contribution < 1.29 is 5.11 Å². The molecule has 1 nitrogen and oxygen atoms in total. The number of aliphatic hydroxyl groups excluding tert-OH is 1. The highest BCUT2D eigenvalue weighted by molar-refractivity contribution is 4.97. The van der Waals surface area contributed by atoms with E-state index in [0.29, 0.717) is 11.3 Å². The molecule has 0 saturated heterocycles. The lowest BCUT2D eigenvalue weighted by atomic mass is 9.70. The van der Waals surface area contributed by atoms with Gasteiger partial charge >= 0.3 is 0 Å². The van der Waals surface area contributed by atoms with E-state index in [1.165, 1.54) is 25.7 Å². The smallest absolute Gasteiger partial charge is 0.0576 e. The Hall–Kier alpha value is -0.0400. The van der Waals surface area contributed by atoms with Crippen molar-refractivity contribution in [1.82, 2.24) is 0 Å². The summed E-state index contributed by atoms with van der Waals surface area (Å²) in [5.74, 6) is 2.20. The van der Waals surface area contributed by atoms with Crippen molar-refractivity contribution in [3.8, 4) is 0 Å². The minimum absolute atomic E-state index is 0.0180. The first kappa shape index (κ1) is 10.5. The van der Waals surface area contributed by atoms with Crippen LogP contribution in [0.3, 0.4) is 0 Å². The molecule has 2 saturated carbocycles. The first-order valence-corrected chi connectivity index (χ1v) is 6.20. The number of rotatable bonds is 0. The highest BCUT2D eigenvalue weighted by atomic mass is 16.3. The van der Waals surface area contributed by atoms with Crippen molar-refractivity contribution in [3.05, 3.63) is 0 Å². The predicted octanol–water partition coefficient (Wildman–Crippen LogP) is 3.22. The van der Waals surface area contributed by atoms with Crippen molar-refractivity contribution in [3.63, 3.8) is 0 Å². The largest absolute Gasteiger partial charge is 0.393 e. The quantitative estimate of drug-likeness (QED) is 0.630. The summed E-state index contributed by atoms with van der Waals surface area (Å²) < 4.78 is 0. The van der Waals surface area contributed by atoms with Crippen LogP contribution in [0, 0.1) is 23.2 Å². The first-order chi connectivity index (χ1) is 6.52. The summed E-state index contributed by atoms with van der Waals surface area (Å²) in [5.41, 5.74) is 0.366. The molecule has 0 bridgehead atoms. The maximum absolute atomic E-state index is 10.1. The molecule has 2 aliphatic rings. The minimum atomic E-state index is -0.0180. The molecule has 14 heavy (non-hydrogen) atoms. The molecule has 0 unspecified atom stereocenters. The van der Waals surface area contributed by atoms with E-state index < -0.39 is 0 Å². The van der Waals surface area contributed by atoms with Crippen LogP contribution in [0.2, 0.25) is 0 Å². The van der Waals surface area contributed by atoms with Crippen LogP contribution in [-0.2, 0) is 0 Å². The summed E-state index contributed by atoms with van der Waals surface area (Å²) >= 11 is 0. The van der Waals surface area contributed by atoms with E-state index in [2.05, 4.69) is 20.8 Å². The zero-order valence-corrected chi connectivity index (χ0v) is 9.79. The molecule has 0 heterocycles. The number of fused-ring (bicyclic) bond motifs is 1. The Kier molecular flexibility index (Phi) is 2.63. The Morgan fingerprint density at radius 3 is 2.57 bits per heavy atom. The molecule has 0 amide bonds. The molecular weight excluding hydrogens is 172 g/mol. The van der Waals surface area contributed by atoms with Crippen LogP contribution in [0.15, 0.2) is 0 Å². The van der Waals surface area contributed by atoms with Crippen LogP contribution in [0.1, 0.15) is 52.9 Å². The lowest BCUT2D eigenvalue weighted by Crippen LogP contribution is -2.34. The van der Waals surface area contributed by atoms with E-state index in [4.69, 9.17) is 0 Å². The second-order valence-electron chi connectivity index (χ2n) is 6.19.